The first-order valence-corrected chi connectivity index (χ1v) is 8.41. The van der Waals surface area contributed by atoms with Crippen LogP contribution in [-0.4, -0.2) is 50.6 Å². The van der Waals surface area contributed by atoms with Crippen molar-refractivity contribution in [2.75, 3.05) is 20.1 Å². The van der Waals surface area contributed by atoms with Crippen LogP contribution in [0.5, 0.6) is 0 Å². The Morgan fingerprint density at radius 1 is 1.43 bits per heavy atom. The Hall–Kier alpha value is -1.38. The zero-order chi connectivity index (χ0) is 15.5. The van der Waals surface area contributed by atoms with E-state index in [0.29, 0.717) is 12.6 Å². The topological polar surface area (TPSA) is 99.9 Å². The highest BCUT2D eigenvalue weighted by Crippen LogP contribution is 2.22. The molecule has 1 aromatic heterocycles. The number of sulfonamides is 1. The highest BCUT2D eigenvalue weighted by atomic mass is 32.2. The average molecular weight is 316 g/mol. The molecular weight excluding hydrogens is 296 g/mol. The molecule has 1 aromatic rings. The van der Waals surface area contributed by atoms with Crippen LogP contribution in [0.1, 0.15) is 36.2 Å². The molecule has 0 spiro atoms. The lowest BCUT2D eigenvalue weighted by molar-refractivity contribution is 0.0656. The van der Waals surface area contributed by atoms with E-state index in [1.165, 1.54) is 12.8 Å². The van der Waals surface area contributed by atoms with Crippen LogP contribution in [0, 0.1) is 0 Å². The van der Waals surface area contributed by atoms with Crippen LogP contribution in [0.3, 0.4) is 0 Å². The van der Waals surface area contributed by atoms with Gasteiger partial charge in [0.25, 0.3) is 10.0 Å². The highest BCUT2D eigenvalue weighted by Gasteiger charge is 2.22. The third-order valence-electron chi connectivity index (χ3n) is 3.76. The fraction of sp³-hybridized carbons (Fsp3) is 0.615. The van der Waals surface area contributed by atoms with Crippen LogP contribution >= 0.6 is 0 Å². The fourth-order valence-corrected chi connectivity index (χ4v) is 3.48. The number of nitrogens with zero attached hydrogens (tertiary/aromatic N) is 1. The van der Waals surface area contributed by atoms with Crippen molar-refractivity contribution in [3.05, 3.63) is 17.9 Å². The van der Waals surface area contributed by atoms with Crippen molar-refractivity contribution in [3.8, 4) is 0 Å². The zero-order valence-electron chi connectivity index (χ0n) is 11.9. The molecule has 1 fully saturated rings. The molecule has 0 radical (unpaired) electrons. The summed E-state index contributed by atoms with van der Waals surface area (Å²) < 4.78 is 31.1. The summed E-state index contributed by atoms with van der Waals surface area (Å²) in [6.45, 7) is 0.870. The Labute approximate surface area is 124 Å². The minimum atomic E-state index is -3.80. The summed E-state index contributed by atoms with van der Waals surface area (Å²) in [6.07, 6.45) is 4.77. The van der Waals surface area contributed by atoms with Gasteiger partial charge in [0, 0.05) is 19.1 Å². The van der Waals surface area contributed by atoms with Crippen molar-refractivity contribution < 1.29 is 22.7 Å². The molecule has 0 saturated heterocycles. The second kappa shape index (κ2) is 6.59. The lowest BCUT2D eigenvalue weighted by atomic mass is 10.2. The first-order valence-electron chi connectivity index (χ1n) is 6.93. The molecule has 21 heavy (non-hydrogen) atoms. The standard InChI is InChI=1S/C13H20N2O5S/c1-15(10-4-2-3-5-10)9-8-14-21(18,19)12-7-6-11(20-12)13(16)17/h6-7,10,14H,2-5,8-9H2,1H3,(H,16,17). The van der Waals surface area contributed by atoms with Gasteiger partial charge in [-0.2, -0.15) is 0 Å². The summed E-state index contributed by atoms with van der Waals surface area (Å²) in [5.74, 6) is -1.68. The molecule has 1 aliphatic carbocycles. The van der Waals surface area contributed by atoms with Crippen molar-refractivity contribution in [1.29, 1.82) is 0 Å². The molecule has 118 valence electrons. The summed E-state index contributed by atoms with van der Waals surface area (Å²) in [6, 6.07) is 2.80. The molecule has 1 saturated carbocycles. The van der Waals surface area contributed by atoms with Gasteiger partial charge in [-0.25, -0.2) is 17.9 Å². The molecule has 0 atom stereocenters. The molecule has 7 nitrogen and oxygen atoms in total. The Bertz CT molecular complexity index is 589. The first kappa shape index (κ1) is 16.0. The summed E-state index contributed by atoms with van der Waals surface area (Å²) in [5.41, 5.74) is 0. The van der Waals surface area contributed by atoms with Gasteiger partial charge in [0.05, 0.1) is 0 Å². The van der Waals surface area contributed by atoms with E-state index in [4.69, 9.17) is 9.52 Å². The van der Waals surface area contributed by atoms with E-state index in [0.717, 1.165) is 25.0 Å². The molecule has 1 aliphatic rings. The van der Waals surface area contributed by atoms with Crippen molar-refractivity contribution in [2.45, 2.75) is 36.8 Å². The highest BCUT2D eigenvalue weighted by molar-refractivity contribution is 7.89. The second-order valence-electron chi connectivity index (χ2n) is 5.24. The van der Waals surface area contributed by atoms with E-state index in [-0.39, 0.29) is 11.6 Å². The zero-order valence-corrected chi connectivity index (χ0v) is 12.7. The Kier molecular flexibility index (Phi) is 5.02. The number of hydrogen-bond donors (Lipinski definition) is 2. The minimum Gasteiger partial charge on any atom is -0.475 e. The molecular formula is C13H20N2O5S. The summed E-state index contributed by atoms with van der Waals surface area (Å²) in [5, 5.41) is 8.35. The van der Waals surface area contributed by atoms with Gasteiger partial charge in [0.15, 0.2) is 0 Å². The van der Waals surface area contributed by atoms with E-state index in [9.17, 15) is 13.2 Å². The maximum Gasteiger partial charge on any atom is 0.371 e. The number of likely N-dealkylation sites (N-methyl/N-ethyl adjacent to an activating group) is 1. The van der Waals surface area contributed by atoms with E-state index >= 15 is 0 Å². The molecule has 0 bridgehead atoms. The van der Waals surface area contributed by atoms with Crippen LogP contribution in [0.15, 0.2) is 21.6 Å². The molecule has 0 unspecified atom stereocenters. The van der Waals surface area contributed by atoms with Gasteiger partial charge in [-0.3, -0.25) is 0 Å². The minimum absolute atomic E-state index is 0.262. The van der Waals surface area contributed by atoms with Gasteiger partial charge in [-0.15, -0.1) is 0 Å². The summed E-state index contributed by atoms with van der Waals surface area (Å²) in [7, 11) is -1.81. The second-order valence-corrected chi connectivity index (χ2v) is 6.94. The molecule has 0 aliphatic heterocycles. The summed E-state index contributed by atoms with van der Waals surface area (Å²) in [4.78, 5) is 12.8. The lowest BCUT2D eigenvalue weighted by Gasteiger charge is -2.23. The van der Waals surface area contributed by atoms with Crippen molar-refractivity contribution >= 4 is 16.0 Å². The Morgan fingerprint density at radius 2 is 2.10 bits per heavy atom. The number of furan rings is 1. The smallest absolute Gasteiger partial charge is 0.371 e. The van der Waals surface area contributed by atoms with E-state index in [1.54, 1.807) is 0 Å². The quantitative estimate of drug-likeness (QED) is 0.782. The van der Waals surface area contributed by atoms with E-state index in [1.807, 2.05) is 7.05 Å². The van der Waals surface area contributed by atoms with Gasteiger partial charge in [0.1, 0.15) is 0 Å². The van der Waals surface area contributed by atoms with Gasteiger partial charge in [0.2, 0.25) is 10.9 Å². The largest absolute Gasteiger partial charge is 0.475 e. The van der Waals surface area contributed by atoms with Crippen molar-refractivity contribution in [2.24, 2.45) is 0 Å². The van der Waals surface area contributed by atoms with E-state index < -0.39 is 21.8 Å². The lowest BCUT2D eigenvalue weighted by Crippen LogP contribution is -2.37. The van der Waals surface area contributed by atoms with Gasteiger partial charge in [-0.05, 0) is 32.0 Å². The van der Waals surface area contributed by atoms with Crippen LogP contribution in [-0.2, 0) is 10.0 Å². The molecule has 2 rings (SSSR count). The number of carbonyl (C=O) groups is 1. The van der Waals surface area contributed by atoms with Crippen LogP contribution in [0.4, 0.5) is 0 Å². The fourth-order valence-electron chi connectivity index (χ4n) is 2.53. The van der Waals surface area contributed by atoms with Crippen LogP contribution < -0.4 is 4.72 Å². The van der Waals surface area contributed by atoms with Crippen molar-refractivity contribution in [1.82, 2.24) is 9.62 Å². The summed E-state index contributed by atoms with van der Waals surface area (Å²) >= 11 is 0. The third kappa shape index (κ3) is 4.05. The number of aromatic carboxylic acids is 1. The Morgan fingerprint density at radius 3 is 2.67 bits per heavy atom. The van der Waals surface area contributed by atoms with Gasteiger partial charge < -0.3 is 14.4 Å². The Balaban J connectivity index is 1.87. The number of hydrogen-bond acceptors (Lipinski definition) is 5. The number of carboxylic acids is 1. The van der Waals surface area contributed by atoms with Crippen LogP contribution in [0.2, 0.25) is 0 Å². The number of carboxylic acid groups (broad SMARTS) is 1. The predicted molar refractivity (Wildman–Crippen MR) is 75.7 cm³/mol. The maximum absolute atomic E-state index is 12.0. The molecule has 8 heteroatoms. The normalized spacial score (nSPS) is 16.7. The maximum atomic E-state index is 12.0. The third-order valence-corrected chi connectivity index (χ3v) is 5.09. The van der Waals surface area contributed by atoms with Gasteiger partial charge >= 0.3 is 5.97 Å². The molecule has 0 amide bonds. The number of nitrogens with one attached hydrogen (secondary N) is 1. The first-order chi connectivity index (χ1) is 9.90. The van der Waals surface area contributed by atoms with Crippen LogP contribution in [0.25, 0.3) is 0 Å². The monoisotopic (exact) mass is 316 g/mol. The SMILES string of the molecule is CN(CCNS(=O)(=O)c1ccc(C(=O)O)o1)C1CCCC1. The molecule has 1 heterocycles. The average Bonchev–Trinajstić information content (AvgIpc) is 3.10. The van der Waals surface area contributed by atoms with E-state index in [2.05, 4.69) is 9.62 Å². The van der Waals surface area contributed by atoms with Crippen molar-refractivity contribution in [3.63, 3.8) is 0 Å². The molecule has 2 N–H and O–H groups in total. The molecule has 0 aromatic carbocycles. The number of rotatable bonds is 7. The van der Waals surface area contributed by atoms with Gasteiger partial charge in [-0.1, -0.05) is 12.8 Å². The predicted octanol–water partition coefficient (Wildman–Crippen LogP) is 1.13.